The summed E-state index contributed by atoms with van der Waals surface area (Å²) in [7, 11) is 0. The molecule has 4 heteroatoms. The van der Waals surface area contributed by atoms with Gasteiger partial charge in [-0.2, -0.15) is 0 Å². The molecule has 1 unspecified atom stereocenters. The number of aryl methyl sites for hydroxylation is 1. The monoisotopic (exact) mass is 264 g/mol. The number of carbonyl (C=O) groups is 1. The van der Waals surface area contributed by atoms with Crippen LogP contribution in [-0.4, -0.2) is 24.2 Å². The molecule has 0 fully saturated rings. The molecule has 0 heterocycles. The van der Waals surface area contributed by atoms with Gasteiger partial charge in [0.05, 0.1) is 0 Å². The van der Waals surface area contributed by atoms with Gasteiger partial charge in [-0.3, -0.25) is 4.79 Å². The van der Waals surface area contributed by atoms with Gasteiger partial charge in [-0.1, -0.05) is 43.7 Å². The molecular weight excluding hydrogens is 240 g/mol. The molecule has 0 bridgehead atoms. The molecule has 0 aliphatic carbocycles. The third kappa shape index (κ3) is 5.01. The summed E-state index contributed by atoms with van der Waals surface area (Å²) < 4.78 is 0. The van der Waals surface area contributed by atoms with Crippen LogP contribution in [0.15, 0.2) is 24.3 Å². The fraction of sp³-hybridized carbons (Fsp3) is 0.533. The van der Waals surface area contributed by atoms with Gasteiger partial charge in [-0.15, -0.1) is 0 Å². The summed E-state index contributed by atoms with van der Waals surface area (Å²) in [4.78, 5) is 12.0. The number of benzene rings is 1. The lowest BCUT2D eigenvalue weighted by Gasteiger charge is -2.25. The largest absolute Gasteiger partial charge is 0.396 e. The Balaban J connectivity index is 2.56. The minimum atomic E-state index is -0.648. The van der Waals surface area contributed by atoms with Gasteiger partial charge < -0.3 is 16.2 Å². The first kappa shape index (κ1) is 15.7. The van der Waals surface area contributed by atoms with Gasteiger partial charge in [-0.05, 0) is 24.3 Å². The first-order valence-electron chi connectivity index (χ1n) is 6.56. The molecular formula is C15H24N2O2. The predicted octanol–water partition coefficient (Wildman–Crippen LogP) is 1.52. The lowest BCUT2D eigenvalue weighted by Crippen LogP contribution is -2.39. The van der Waals surface area contributed by atoms with Crippen LogP contribution in [0.3, 0.4) is 0 Å². The van der Waals surface area contributed by atoms with Crippen LogP contribution in [0.2, 0.25) is 0 Å². The highest BCUT2D eigenvalue weighted by atomic mass is 16.3. The van der Waals surface area contributed by atoms with E-state index in [0.717, 1.165) is 11.1 Å². The molecule has 106 valence electrons. The zero-order valence-electron chi connectivity index (χ0n) is 11.9. The first-order chi connectivity index (χ1) is 8.85. The van der Waals surface area contributed by atoms with E-state index in [-0.39, 0.29) is 17.9 Å². The Bertz CT molecular complexity index is 413. The van der Waals surface area contributed by atoms with E-state index in [1.807, 2.05) is 45.0 Å². The lowest BCUT2D eigenvalue weighted by molar-refractivity contribution is -0.123. The van der Waals surface area contributed by atoms with Crippen molar-refractivity contribution in [1.29, 1.82) is 0 Å². The van der Waals surface area contributed by atoms with E-state index in [4.69, 9.17) is 10.8 Å². The van der Waals surface area contributed by atoms with E-state index in [1.165, 1.54) is 0 Å². The number of nitrogens with two attached hydrogens (primary N) is 1. The minimum Gasteiger partial charge on any atom is -0.396 e. The van der Waals surface area contributed by atoms with Gasteiger partial charge in [0.15, 0.2) is 0 Å². The average Bonchev–Trinajstić information content (AvgIpc) is 2.36. The second-order valence-electron chi connectivity index (χ2n) is 5.74. The zero-order valence-corrected chi connectivity index (χ0v) is 11.9. The summed E-state index contributed by atoms with van der Waals surface area (Å²) in [6, 6.07) is 6.98. The van der Waals surface area contributed by atoms with Crippen LogP contribution >= 0.6 is 0 Å². The molecule has 0 saturated carbocycles. The molecule has 4 N–H and O–H groups in total. The first-order valence-corrected chi connectivity index (χ1v) is 6.56. The highest BCUT2D eigenvalue weighted by Crippen LogP contribution is 2.18. The number of rotatable bonds is 6. The maximum absolute atomic E-state index is 12.0. The number of aliphatic hydroxyl groups is 1. The Labute approximate surface area is 115 Å². The van der Waals surface area contributed by atoms with Gasteiger partial charge >= 0.3 is 0 Å². The predicted molar refractivity (Wildman–Crippen MR) is 76.6 cm³/mol. The SMILES string of the molecule is Cc1ccc(C(N)C(=O)NCC(C)(C)CCO)cc1. The molecule has 0 spiro atoms. The summed E-state index contributed by atoms with van der Waals surface area (Å²) in [6.07, 6.45) is 0.646. The number of aliphatic hydroxyl groups excluding tert-OH is 1. The number of amides is 1. The van der Waals surface area contributed by atoms with Gasteiger partial charge in [0.2, 0.25) is 5.91 Å². The van der Waals surface area contributed by atoms with Crippen molar-refractivity contribution < 1.29 is 9.90 Å². The van der Waals surface area contributed by atoms with Gasteiger partial charge in [0, 0.05) is 13.2 Å². The minimum absolute atomic E-state index is 0.118. The topological polar surface area (TPSA) is 75.4 Å². The van der Waals surface area contributed by atoms with Crippen LogP contribution in [0, 0.1) is 12.3 Å². The molecule has 1 aromatic rings. The Morgan fingerprint density at radius 3 is 2.47 bits per heavy atom. The molecule has 0 aromatic heterocycles. The maximum atomic E-state index is 12.0. The molecule has 1 aromatic carbocycles. The van der Waals surface area contributed by atoms with Crippen molar-refractivity contribution in [1.82, 2.24) is 5.32 Å². The Hall–Kier alpha value is -1.39. The highest BCUT2D eigenvalue weighted by Gasteiger charge is 2.21. The highest BCUT2D eigenvalue weighted by molar-refractivity contribution is 5.82. The molecule has 0 aliphatic rings. The molecule has 0 aliphatic heterocycles. The Kier molecular flexibility index (Phi) is 5.51. The Morgan fingerprint density at radius 2 is 1.95 bits per heavy atom. The van der Waals surface area contributed by atoms with E-state index in [2.05, 4.69) is 5.32 Å². The smallest absolute Gasteiger partial charge is 0.241 e. The molecule has 0 radical (unpaired) electrons. The van der Waals surface area contributed by atoms with Crippen molar-refractivity contribution in [2.24, 2.45) is 11.1 Å². The summed E-state index contributed by atoms with van der Waals surface area (Å²) in [6.45, 7) is 6.62. The van der Waals surface area contributed by atoms with E-state index in [0.29, 0.717) is 13.0 Å². The number of carbonyl (C=O) groups excluding carboxylic acids is 1. The van der Waals surface area contributed by atoms with Gasteiger partial charge in [0.1, 0.15) is 6.04 Å². The summed E-state index contributed by atoms with van der Waals surface area (Å²) in [5, 5.41) is 11.8. The van der Waals surface area contributed by atoms with Crippen LogP contribution in [0.5, 0.6) is 0 Å². The van der Waals surface area contributed by atoms with Crippen molar-refractivity contribution in [3.8, 4) is 0 Å². The Morgan fingerprint density at radius 1 is 1.37 bits per heavy atom. The second-order valence-corrected chi connectivity index (χ2v) is 5.74. The standard InChI is InChI=1S/C15H24N2O2/c1-11-4-6-12(7-5-11)13(16)14(19)17-10-15(2,3)8-9-18/h4-7,13,18H,8-10,16H2,1-3H3,(H,17,19). The average molecular weight is 264 g/mol. The number of hydrogen-bond acceptors (Lipinski definition) is 3. The summed E-state index contributed by atoms with van der Waals surface area (Å²) in [5.41, 5.74) is 7.75. The fourth-order valence-corrected chi connectivity index (χ4v) is 1.75. The molecule has 1 rings (SSSR count). The van der Waals surface area contributed by atoms with Crippen LogP contribution in [0.25, 0.3) is 0 Å². The number of nitrogens with one attached hydrogen (secondary N) is 1. The fourth-order valence-electron chi connectivity index (χ4n) is 1.75. The van der Waals surface area contributed by atoms with Gasteiger partial charge in [0.25, 0.3) is 0 Å². The van der Waals surface area contributed by atoms with Crippen molar-refractivity contribution in [3.05, 3.63) is 35.4 Å². The van der Waals surface area contributed by atoms with Crippen molar-refractivity contribution in [3.63, 3.8) is 0 Å². The molecule has 4 nitrogen and oxygen atoms in total. The van der Waals surface area contributed by atoms with Crippen molar-refractivity contribution in [2.45, 2.75) is 33.2 Å². The second kappa shape index (κ2) is 6.68. The van der Waals surface area contributed by atoms with Crippen LogP contribution in [0.4, 0.5) is 0 Å². The summed E-state index contributed by atoms with van der Waals surface area (Å²) in [5.74, 6) is -0.185. The maximum Gasteiger partial charge on any atom is 0.241 e. The van der Waals surface area contributed by atoms with Crippen LogP contribution in [-0.2, 0) is 4.79 Å². The van der Waals surface area contributed by atoms with Crippen LogP contribution in [0.1, 0.15) is 37.4 Å². The summed E-state index contributed by atoms with van der Waals surface area (Å²) >= 11 is 0. The van der Waals surface area contributed by atoms with Crippen LogP contribution < -0.4 is 11.1 Å². The lowest BCUT2D eigenvalue weighted by atomic mass is 9.89. The van der Waals surface area contributed by atoms with Crippen molar-refractivity contribution >= 4 is 5.91 Å². The molecule has 19 heavy (non-hydrogen) atoms. The molecule has 0 saturated heterocycles. The van der Waals surface area contributed by atoms with Gasteiger partial charge in [-0.25, -0.2) is 0 Å². The van der Waals surface area contributed by atoms with Crippen molar-refractivity contribution in [2.75, 3.05) is 13.2 Å². The quantitative estimate of drug-likeness (QED) is 0.729. The van der Waals surface area contributed by atoms with E-state index in [9.17, 15) is 4.79 Å². The molecule has 1 atom stereocenters. The molecule has 1 amide bonds. The normalized spacial score (nSPS) is 13.1. The van der Waals surface area contributed by atoms with E-state index < -0.39 is 6.04 Å². The van der Waals surface area contributed by atoms with E-state index >= 15 is 0 Å². The number of hydrogen-bond donors (Lipinski definition) is 3. The third-order valence-corrected chi connectivity index (χ3v) is 3.25. The third-order valence-electron chi connectivity index (χ3n) is 3.25. The van der Waals surface area contributed by atoms with E-state index in [1.54, 1.807) is 0 Å². The zero-order chi connectivity index (χ0) is 14.5.